The third-order valence-corrected chi connectivity index (χ3v) is 3.45. The van der Waals surface area contributed by atoms with Gasteiger partial charge in [-0.15, -0.1) is 5.10 Å². The maximum absolute atomic E-state index is 5.30. The number of furan rings is 1. The van der Waals surface area contributed by atoms with Crippen LogP contribution in [0.5, 0.6) is 0 Å². The van der Waals surface area contributed by atoms with Crippen LogP contribution in [-0.4, -0.2) is 21.7 Å². The first-order valence-electron chi connectivity index (χ1n) is 7.60. The van der Waals surface area contributed by atoms with Gasteiger partial charge in [-0.3, -0.25) is 0 Å². The highest BCUT2D eigenvalue weighted by Gasteiger charge is 2.10. The summed E-state index contributed by atoms with van der Waals surface area (Å²) in [5.41, 5.74) is 1.21. The predicted molar refractivity (Wildman–Crippen MR) is 89.0 cm³/mol. The van der Waals surface area contributed by atoms with Crippen LogP contribution in [0.2, 0.25) is 0 Å². The number of aromatic nitrogens is 3. The molecule has 0 radical (unpaired) electrons. The molecule has 6 nitrogen and oxygen atoms in total. The van der Waals surface area contributed by atoms with E-state index in [1.54, 1.807) is 12.5 Å². The summed E-state index contributed by atoms with van der Waals surface area (Å²) in [5.74, 6) is 2.14. The first kappa shape index (κ1) is 15.0. The SMILES string of the molecule is CCN(Cc1ccccc1)c1nncc(NCc2ccco2)n1. The Morgan fingerprint density at radius 1 is 1.13 bits per heavy atom. The second-order valence-corrected chi connectivity index (χ2v) is 5.07. The summed E-state index contributed by atoms with van der Waals surface area (Å²) in [6, 6.07) is 14.0. The van der Waals surface area contributed by atoms with E-state index in [1.165, 1.54) is 5.56 Å². The molecule has 0 fully saturated rings. The Hall–Kier alpha value is -2.89. The molecule has 0 aliphatic rings. The number of nitrogens with zero attached hydrogens (tertiary/aromatic N) is 4. The molecule has 0 saturated carbocycles. The molecular formula is C17H19N5O. The zero-order valence-electron chi connectivity index (χ0n) is 13.0. The van der Waals surface area contributed by atoms with E-state index in [0.717, 1.165) is 18.8 Å². The first-order chi connectivity index (χ1) is 11.3. The van der Waals surface area contributed by atoms with Gasteiger partial charge >= 0.3 is 0 Å². The number of hydrogen-bond donors (Lipinski definition) is 1. The molecule has 1 aromatic carbocycles. The van der Waals surface area contributed by atoms with Gasteiger partial charge in [0.2, 0.25) is 5.95 Å². The van der Waals surface area contributed by atoms with Crippen molar-refractivity contribution >= 4 is 11.8 Å². The van der Waals surface area contributed by atoms with Gasteiger partial charge in [-0.1, -0.05) is 30.3 Å². The molecule has 3 rings (SSSR count). The Bertz CT molecular complexity index is 715. The topological polar surface area (TPSA) is 67.1 Å². The summed E-state index contributed by atoms with van der Waals surface area (Å²) < 4.78 is 5.30. The number of anilines is 2. The summed E-state index contributed by atoms with van der Waals surface area (Å²) in [5, 5.41) is 11.4. The highest BCUT2D eigenvalue weighted by atomic mass is 16.3. The quantitative estimate of drug-likeness (QED) is 0.723. The Morgan fingerprint density at radius 3 is 2.74 bits per heavy atom. The summed E-state index contributed by atoms with van der Waals surface area (Å²) in [6.45, 7) is 4.20. The van der Waals surface area contributed by atoms with E-state index in [1.807, 2.05) is 30.3 Å². The second kappa shape index (κ2) is 7.40. The molecule has 0 bridgehead atoms. The molecule has 1 N–H and O–H groups in total. The van der Waals surface area contributed by atoms with Crippen molar-refractivity contribution in [2.45, 2.75) is 20.0 Å². The number of nitrogens with one attached hydrogen (secondary N) is 1. The van der Waals surface area contributed by atoms with Gasteiger partial charge in [0, 0.05) is 13.1 Å². The van der Waals surface area contributed by atoms with Crippen molar-refractivity contribution in [3.8, 4) is 0 Å². The maximum Gasteiger partial charge on any atom is 0.247 e. The molecular weight excluding hydrogens is 290 g/mol. The normalized spacial score (nSPS) is 10.5. The van der Waals surface area contributed by atoms with E-state index in [4.69, 9.17) is 4.42 Å². The monoisotopic (exact) mass is 309 g/mol. The van der Waals surface area contributed by atoms with Crippen LogP contribution in [0.1, 0.15) is 18.2 Å². The van der Waals surface area contributed by atoms with Crippen molar-refractivity contribution in [2.75, 3.05) is 16.8 Å². The van der Waals surface area contributed by atoms with Crippen molar-refractivity contribution in [3.05, 3.63) is 66.2 Å². The molecule has 23 heavy (non-hydrogen) atoms. The van der Waals surface area contributed by atoms with Crippen molar-refractivity contribution in [3.63, 3.8) is 0 Å². The van der Waals surface area contributed by atoms with Crippen LogP contribution >= 0.6 is 0 Å². The molecule has 0 unspecified atom stereocenters. The lowest BCUT2D eigenvalue weighted by Crippen LogP contribution is -2.25. The lowest BCUT2D eigenvalue weighted by molar-refractivity contribution is 0.517. The smallest absolute Gasteiger partial charge is 0.247 e. The molecule has 0 saturated heterocycles. The third kappa shape index (κ3) is 4.06. The van der Waals surface area contributed by atoms with Gasteiger partial charge in [-0.25, -0.2) is 0 Å². The summed E-state index contributed by atoms with van der Waals surface area (Å²) in [4.78, 5) is 6.62. The molecule has 0 spiro atoms. The van der Waals surface area contributed by atoms with Crippen LogP contribution < -0.4 is 10.2 Å². The van der Waals surface area contributed by atoms with Gasteiger partial charge < -0.3 is 14.6 Å². The summed E-state index contributed by atoms with van der Waals surface area (Å²) in [7, 11) is 0. The summed E-state index contributed by atoms with van der Waals surface area (Å²) >= 11 is 0. The average molecular weight is 309 g/mol. The van der Waals surface area contributed by atoms with Gasteiger partial charge in [0.25, 0.3) is 0 Å². The molecule has 0 amide bonds. The molecule has 2 aromatic heterocycles. The Morgan fingerprint density at radius 2 is 2.00 bits per heavy atom. The highest BCUT2D eigenvalue weighted by molar-refractivity contribution is 5.39. The van der Waals surface area contributed by atoms with Gasteiger partial charge in [-0.05, 0) is 24.6 Å². The Kier molecular flexibility index (Phi) is 4.83. The molecule has 0 aliphatic carbocycles. The van der Waals surface area contributed by atoms with Gasteiger partial charge in [0.15, 0.2) is 5.82 Å². The van der Waals surface area contributed by atoms with E-state index < -0.39 is 0 Å². The fourth-order valence-corrected chi connectivity index (χ4v) is 2.23. The maximum atomic E-state index is 5.30. The Balaban J connectivity index is 1.69. The van der Waals surface area contributed by atoms with E-state index in [-0.39, 0.29) is 0 Å². The van der Waals surface area contributed by atoms with Crippen molar-refractivity contribution in [1.82, 2.24) is 15.2 Å². The molecule has 118 valence electrons. The minimum Gasteiger partial charge on any atom is -0.467 e. The van der Waals surface area contributed by atoms with Gasteiger partial charge in [0.1, 0.15) is 5.76 Å². The van der Waals surface area contributed by atoms with Crippen molar-refractivity contribution < 1.29 is 4.42 Å². The largest absolute Gasteiger partial charge is 0.467 e. The average Bonchev–Trinajstić information content (AvgIpc) is 3.12. The lowest BCUT2D eigenvalue weighted by atomic mass is 10.2. The highest BCUT2D eigenvalue weighted by Crippen LogP contribution is 2.14. The second-order valence-electron chi connectivity index (χ2n) is 5.07. The fraction of sp³-hybridized carbons (Fsp3) is 0.235. The van der Waals surface area contributed by atoms with Gasteiger partial charge in [0.05, 0.1) is 19.0 Å². The van der Waals surface area contributed by atoms with Crippen LogP contribution in [0.3, 0.4) is 0 Å². The van der Waals surface area contributed by atoms with Crippen LogP contribution in [0.4, 0.5) is 11.8 Å². The third-order valence-electron chi connectivity index (χ3n) is 3.45. The number of rotatable bonds is 7. The predicted octanol–water partition coefficient (Wildman–Crippen LogP) is 3.10. The van der Waals surface area contributed by atoms with Crippen molar-refractivity contribution in [1.29, 1.82) is 0 Å². The molecule has 2 heterocycles. The van der Waals surface area contributed by atoms with Crippen LogP contribution in [0, 0.1) is 0 Å². The van der Waals surface area contributed by atoms with E-state index in [9.17, 15) is 0 Å². The summed E-state index contributed by atoms with van der Waals surface area (Å²) in [6.07, 6.45) is 3.27. The van der Waals surface area contributed by atoms with Crippen LogP contribution in [-0.2, 0) is 13.1 Å². The van der Waals surface area contributed by atoms with E-state index >= 15 is 0 Å². The first-order valence-corrected chi connectivity index (χ1v) is 7.60. The van der Waals surface area contributed by atoms with Crippen LogP contribution in [0.15, 0.2) is 59.3 Å². The fourth-order valence-electron chi connectivity index (χ4n) is 2.23. The molecule has 0 aliphatic heterocycles. The Labute approximate surface area is 135 Å². The minimum atomic E-state index is 0.565. The number of hydrogen-bond acceptors (Lipinski definition) is 6. The molecule has 0 atom stereocenters. The molecule has 6 heteroatoms. The number of benzene rings is 1. The zero-order chi connectivity index (χ0) is 15.9. The van der Waals surface area contributed by atoms with Gasteiger partial charge in [-0.2, -0.15) is 10.1 Å². The minimum absolute atomic E-state index is 0.565. The van der Waals surface area contributed by atoms with Crippen LogP contribution in [0.25, 0.3) is 0 Å². The lowest BCUT2D eigenvalue weighted by Gasteiger charge is -2.20. The zero-order valence-corrected chi connectivity index (χ0v) is 13.0. The van der Waals surface area contributed by atoms with Crippen molar-refractivity contribution in [2.24, 2.45) is 0 Å². The molecule has 3 aromatic rings. The van der Waals surface area contributed by atoms with E-state index in [2.05, 4.69) is 44.5 Å². The standard InChI is InChI=1S/C17H19N5O/c1-2-22(13-14-7-4-3-5-8-14)17-20-16(12-19-21-17)18-11-15-9-6-10-23-15/h3-10,12H,2,11,13H2,1H3,(H,18,20,21). The van der Waals surface area contributed by atoms with E-state index in [0.29, 0.717) is 18.3 Å².